The second-order valence-corrected chi connectivity index (χ2v) is 15.5. The summed E-state index contributed by atoms with van der Waals surface area (Å²) in [5.74, 6) is 0.0157. The molecule has 1 fully saturated rings. The molecule has 0 aliphatic carbocycles. The summed E-state index contributed by atoms with van der Waals surface area (Å²) in [6.45, 7) is 14.3. The van der Waals surface area contributed by atoms with Crippen molar-refractivity contribution < 1.29 is 22.7 Å². The van der Waals surface area contributed by atoms with Crippen molar-refractivity contribution in [1.29, 1.82) is 0 Å². The Morgan fingerprint density at radius 2 is 1.76 bits per heavy atom. The van der Waals surface area contributed by atoms with Crippen LogP contribution in [-0.2, 0) is 21.3 Å². The Bertz CT molecular complexity index is 1930. The van der Waals surface area contributed by atoms with E-state index >= 15 is 0 Å². The molecule has 4 aromatic rings. The molecule has 0 unspecified atom stereocenters. The molecule has 12 nitrogen and oxygen atoms in total. The lowest BCUT2D eigenvalue weighted by Crippen LogP contribution is -2.46. The number of anilines is 2. The van der Waals surface area contributed by atoms with Crippen LogP contribution in [0.15, 0.2) is 65.8 Å². The molecule has 49 heavy (non-hydrogen) atoms. The Labute approximate surface area is 288 Å². The van der Waals surface area contributed by atoms with Crippen molar-refractivity contribution in [2.75, 3.05) is 35.9 Å². The van der Waals surface area contributed by atoms with Gasteiger partial charge in [-0.2, -0.15) is 4.98 Å². The Kier molecular flexibility index (Phi) is 9.58. The number of carbonyl (C=O) groups excluding carboxylic acids is 1. The van der Waals surface area contributed by atoms with Gasteiger partial charge >= 0.3 is 0 Å². The summed E-state index contributed by atoms with van der Waals surface area (Å²) < 4.78 is 42.2. The zero-order chi connectivity index (χ0) is 34.9. The molecule has 13 heteroatoms. The SMILES string of the molecule is Cc1cccc(C)c1-c1cc2nc(n1)NS(=O)(=O)c1cccc(c1)C(=O)N(Cc1ncc(N3CCC(C)(C)C3)cn1)[C@H](COC(C)C)CO2. The molecular formula is C36H43N7O5S. The molecule has 258 valence electrons. The van der Waals surface area contributed by atoms with E-state index in [4.69, 9.17) is 9.47 Å². The number of aryl methyl sites for hydroxylation is 2. The number of rotatable bonds is 7. The minimum atomic E-state index is -4.19. The number of amides is 1. The minimum absolute atomic E-state index is 0.00546. The summed E-state index contributed by atoms with van der Waals surface area (Å²) in [4.78, 5) is 36.4. The van der Waals surface area contributed by atoms with Crippen molar-refractivity contribution in [1.82, 2.24) is 24.8 Å². The molecule has 6 rings (SSSR count). The molecule has 0 spiro atoms. The van der Waals surface area contributed by atoms with Crippen molar-refractivity contribution in [3.05, 3.63) is 83.4 Å². The molecule has 2 aliphatic rings. The van der Waals surface area contributed by atoms with E-state index in [1.807, 2.05) is 45.9 Å². The monoisotopic (exact) mass is 685 g/mol. The van der Waals surface area contributed by atoms with E-state index < -0.39 is 22.0 Å². The summed E-state index contributed by atoms with van der Waals surface area (Å²) in [6, 6.07) is 12.9. The quantitative estimate of drug-likeness (QED) is 0.268. The van der Waals surface area contributed by atoms with Crippen molar-refractivity contribution in [3.63, 3.8) is 0 Å². The predicted octanol–water partition coefficient (Wildman–Crippen LogP) is 5.42. The third-order valence-corrected chi connectivity index (χ3v) is 10.2. The molecule has 1 amide bonds. The van der Waals surface area contributed by atoms with Gasteiger partial charge in [0.15, 0.2) is 0 Å². The van der Waals surface area contributed by atoms with Crippen LogP contribution < -0.4 is 14.4 Å². The summed E-state index contributed by atoms with van der Waals surface area (Å²) >= 11 is 0. The highest BCUT2D eigenvalue weighted by Gasteiger charge is 2.32. The zero-order valence-electron chi connectivity index (χ0n) is 28.8. The van der Waals surface area contributed by atoms with Gasteiger partial charge in [-0.25, -0.2) is 28.1 Å². The fourth-order valence-electron chi connectivity index (χ4n) is 6.19. The van der Waals surface area contributed by atoms with Gasteiger partial charge in [0.2, 0.25) is 11.8 Å². The smallest absolute Gasteiger partial charge is 0.264 e. The Morgan fingerprint density at radius 3 is 2.43 bits per heavy atom. The van der Waals surface area contributed by atoms with E-state index in [-0.39, 0.29) is 53.6 Å². The van der Waals surface area contributed by atoms with Crippen molar-refractivity contribution in [2.45, 2.75) is 71.5 Å². The van der Waals surface area contributed by atoms with Crippen LogP contribution in [0.25, 0.3) is 11.3 Å². The van der Waals surface area contributed by atoms with Crippen LogP contribution in [0.4, 0.5) is 11.6 Å². The van der Waals surface area contributed by atoms with Gasteiger partial charge in [0.25, 0.3) is 15.9 Å². The number of ether oxygens (including phenoxy) is 2. The number of nitrogens with one attached hydrogen (secondary N) is 1. The number of hydrogen-bond donors (Lipinski definition) is 1. The maximum absolute atomic E-state index is 14.3. The Morgan fingerprint density at radius 1 is 1.04 bits per heavy atom. The molecule has 2 aliphatic heterocycles. The first kappa shape index (κ1) is 34.3. The van der Waals surface area contributed by atoms with Gasteiger partial charge in [0.1, 0.15) is 12.4 Å². The second-order valence-electron chi connectivity index (χ2n) is 13.8. The van der Waals surface area contributed by atoms with Crippen molar-refractivity contribution in [3.8, 4) is 17.1 Å². The van der Waals surface area contributed by atoms with Crippen molar-refractivity contribution >= 4 is 27.6 Å². The Hall–Kier alpha value is -4.62. The number of nitrogens with zero attached hydrogens (tertiary/aromatic N) is 6. The largest absolute Gasteiger partial charge is 0.475 e. The molecule has 2 aromatic carbocycles. The first-order chi connectivity index (χ1) is 23.3. The van der Waals surface area contributed by atoms with Gasteiger partial charge in [-0.05, 0) is 68.9 Å². The number of sulfonamides is 1. The highest BCUT2D eigenvalue weighted by Crippen LogP contribution is 2.32. The summed E-state index contributed by atoms with van der Waals surface area (Å²) in [7, 11) is -4.19. The fourth-order valence-corrected chi connectivity index (χ4v) is 7.18. The van der Waals surface area contributed by atoms with Gasteiger partial charge in [-0.3, -0.25) is 4.79 Å². The number of carbonyl (C=O) groups is 1. The van der Waals surface area contributed by atoms with Crippen LogP contribution in [0.2, 0.25) is 0 Å². The average Bonchev–Trinajstić information content (AvgIpc) is 3.42. The van der Waals surface area contributed by atoms with E-state index in [1.165, 1.54) is 18.2 Å². The maximum Gasteiger partial charge on any atom is 0.264 e. The molecule has 0 saturated carbocycles. The summed E-state index contributed by atoms with van der Waals surface area (Å²) in [6.07, 6.45) is 4.54. The normalized spacial score (nSPS) is 18.7. The third-order valence-electron chi connectivity index (χ3n) is 8.85. The summed E-state index contributed by atoms with van der Waals surface area (Å²) in [5.41, 5.74) is 4.59. The molecule has 2 aromatic heterocycles. The lowest BCUT2D eigenvalue weighted by atomic mass is 9.93. The molecule has 1 saturated heterocycles. The second kappa shape index (κ2) is 13.7. The number of hydrogen-bond acceptors (Lipinski definition) is 10. The van der Waals surface area contributed by atoms with Crippen molar-refractivity contribution in [2.24, 2.45) is 5.41 Å². The highest BCUT2D eigenvalue weighted by molar-refractivity contribution is 7.92. The van der Waals surface area contributed by atoms with E-state index in [2.05, 4.69) is 43.4 Å². The summed E-state index contributed by atoms with van der Waals surface area (Å²) in [5, 5.41) is 0. The number of benzene rings is 2. The fraction of sp³-hybridized carbons (Fsp3) is 0.417. The minimum Gasteiger partial charge on any atom is -0.475 e. The van der Waals surface area contributed by atoms with E-state index in [0.29, 0.717) is 11.5 Å². The van der Waals surface area contributed by atoms with E-state index in [0.717, 1.165) is 41.9 Å². The number of fused-ring (bicyclic) bond motifs is 4. The molecule has 4 bridgehead atoms. The van der Waals surface area contributed by atoms with E-state index in [9.17, 15) is 13.2 Å². The highest BCUT2D eigenvalue weighted by atomic mass is 32.2. The van der Waals surface area contributed by atoms with Crippen LogP contribution in [-0.4, -0.2) is 77.6 Å². The van der Waals surface area contributed by atoms with Crippen LogP contribution in [0, 0.1) is 19.3 Å². The lowest BCUT2D eigenvalue weighted by Gasteiger charge is -2.32. The third kappa shape index (κ3) is 7.83. The van der Waals surface area contributed by atoms with Gasteiger partial charge in [-0.1, -0.05) is 38.1 Å². The van der Waals surface area contributed by atoms with Crippen LogP contribution in [0.1, 0.15) is 61.4 Å². The van der Waals surface area contributed by atoms with Crippen LogP contribution in [0.5, 0.6) is 5.88 Å². The predicted molar refractivity (Wildman–Crippen MR) is 187 cm³/mol. The molecule has 4 heterocycles. The van der Waals surface area contributed by atoms with E-state index in [1.54, 1.807) is 29.4 Å². The maximum atomic E-state index is 14.3. The Balaban J connectivity index is 1.41. The zero-order valence-corrected chi connectivity index (χ0v) is 29.6. The lowest BCUT2D eigenvalue weighted by molar-refractivity contribution is 0.00600. The standard InChI is InChI=1S/C36H43N7O5S/c1-23(2)47-20-28-21-48-32-16-30(33-24(3)9-7-10-25(33)4)39-35(40-32)41-49(45,46)29-12-8-11-26(15-29)34(44)43(28)19-31-37-17-27(18-38-31)42-14-13-36(5,6)22-42/h7-12,15-18,23,28H,13-14,19-22H2,1-6H3,(H,39,40,41)/t28-/m1/s1. The van der Waals surface area contributed by atoms with Crippen LogP contribution in [0.3, 0.4) is 0 Å². The van der Waals surface area contributed by atoms with Gasteiger partial charge in [-0.15, -0.1) is 0 Å². The topological polar surface area (TPSA) is 140 Å². The average molecular weight is 686 g/mol. The number of aromatic nitrogens is 4. The van der Waals surface area contributed by atoms with Gasteiger partial charge < -0.3 is 19.3 Å². The molecule has 1 atom stereocenters. The first-order valence-corrected chi connectivity index (χ1v) is 18.0. The molecular weight excluding hydrogens is 643 g/mol. The first-order valence-electron chi connectivity index (χ1n) is 16.5. The van der Waals surface area contributed by atoms with Crippen LogP contribution >= 0.6 is 0 Å². The van der Waals surface area contributed by atoms with Gasteiger partial charge in [0, 0.05) is 30.3 Å². The van der Waals surface area contributed by atoms with Gasteiger partial charge in [0.05, 0.1) is 54.0 Å². The molecule has 0 radical (unpaired) electrons. The molecule has 1 N–H and O–H groups in total.